The van der Waals surface area contributed by atoms with Crippen LogP contribution in [0.15, 0.2) is 35.6 Å². The van der Waals surface area contributed by atoms with Gasteiger partial charge in [-0.3, -0.25) is 4.68 Å². The third-order valence-electron chi connectivity index (χ3n) is 3.13. The Hall–Kier alpha value is -1.59. The monoisotopic (exact) mass is 304 g/mol. The minimum atomic E-state index is 0.688. The zero-order chi connectivity index (χ0) is 14.1. The van der Waals surface area contributed by atoms with Gasteiger partial charge >= 0.3 is 0 Å². The van der Waals surface area contributed by atoms with E-state index in [1.165, 1.54) is 0 Å². The van der Waals surface area contributed by atoms with Crippen molar-refractivity contribution in [1.82, 2.24) is 19.7 Å². The third-order valence-corrected chi connectivity index (χ3v) is 4.63. The van der Waals surface area contributed by atoms with Crippen molar-refractivity contribution in [2.24, 2.45) is 7.05 Å². The predicted molar refractivity (Wildman–Crippen MR) is 82.1 cm³/mol. The van der Waals surface area contributed by atoms with Crippen LogP contribution in [0.25, 0.3) is 10.9 Å². The van der Waals surface area contributed by atoms with E-state index in [-0.39, 0.29) is 0 Å². The van der Waals surface area contributed by atoms with Crippen molar-refractivity contribution in [3.63, 3.8) is 0 Å². The molecule has 6 heteroatoms. The maximum absolute atomic E-state index is 6.25. The number of nitrogens with zero attached hydrogens (tertiary/aromatic N) is 4. The quantitative estimate of drug-likeness (QED) is 0.547. The summed E-state index contributed by atoms with van der Waals surface area (Å²) in [5.74, 6) is 0.750. The number of hydrogen-bond acceptors (Lipinski definition) is 4. The average molecular weight is 305 g/mol. The van der Waals surface area contributed by atoms with Crippen molar-refractivity contribution in [2.45, 2.75) is 17.7 Å². The molecular formula is C14H13ClN4S. The van der Waals surface area contributed by atoms with Gasteiger partial charge in [0.15, 0.2) is 0 Å². The van der Waals surface area contributed by atoms with E-state index in [9.17, 15) is 0 Å². The summed E-state index contributed by atoms with van der Waals surface area (Å²) in [7, 11) is 1.85. The average Bonchev–Trinajstić information content (AvgIpc) is 2.70. The van der Waals surface area contributed by atoms with E-state index < -0.39 is 0 Å². The first kappa shape index (κ1) is 13.4. The van der Waals surface area contributed by atoms with Gasteiger partial charge in [-0.1, -0.05) is 29.8 Å². The van der Waals surface area contributed by atoms with Crippen molar-refractivity contribution >= 4 is 34.3 Å². The molecule has 1 aromatic carbocycles. The van der Waals surface area contributed by atoms with E-state index in [2.05, 4.69) is 15.1 Å². The lowest BCUT2D eigenvalue weighted by Crippen LogP contribution is -1.90. The summed E-state index contributed by atoms with van der Waals surface area (Å²) in [6.07, 6.45) is 1.60. The van der Waals surface area contributed by atoms with E-state index in [1.54, 1.807) is 22.8 Å². The highest BCUT2D eigenvalue weighted by Crippen LogP contribution is 2.30. The standard InChI is InChI=1S/C14H13ClN4S/c1-9-11(13(15)19(2)18-9)7-20-14-10-5-3-4-6-12(10)16-8-17-14/h3-6,8H,7H2,1-2H3. The number of aromatic nitrogens is 4. The predicted octanol–water partition coefficient (Wildman–Crippen LogP) is 3.62. The molecule has 0 saturated heterocycles. The van der Waals surface area contributed by atoms with Gasteiger partial charge in [0.05, 0.1) is 11.2 Å². The molecule has 2 aromatic heterocycles. The fourth-order valence-electron chi connectivity index (χ4n) is 2.07. The molecule has 0 fully saturated rings. The molecule has 0 bridgehead atoms. The van der Waals surface area contributed by atoms with Gasteiger partial charge in [0.2, 0.25) is 0 Å². The van der Waals surface area contributed by atoms with Crippen molar-refractivity contribution in [3.05, 3.63) is 47.0 Å². The first-order valence-electron chi connectivity index (χ1n) is 6.17. The molecule has 0 atom stereocenters. The van der Waals surface area contributed by atoms with E-state index in [4.69, 9.17) is 11.6 Å². The molecule has 0 radical (unpaired) electrons. The number of aryl methyl sites for hydroxylation is 2. The lowest BCUT2D eigenvalue weighted by molar-refractivity contribution is 0.757. The Morgan fingerprint density at radius 1 is 1.25 bits per heavy atom. The zero-order valence-electron chi connectivity index (χ0n) is 11.2. The molecule has 0 N–H and O–H groups in total. The van der Waals surface area contributed by atoms with E-state index in [0.717, 1.165) is 32.9 Å². The zero-order valence-corrected chi connectivity index (χ0v) is 12.7. The summed E-state index contributed by atoms with van der Waals surface area (Å²) in [6, 6.07) is 8.00. The van der Waals surface area contributed by atoms with Gasteiger partial charge in [-0.05, 0) is 13.0 Å². The number of benzene rings is 1. The van der Waals surface area contributed by atoms with Crippen LogP contribution < -0.4 is 0 Å². The molecule has 0 spiro atoms. The van der Waals surface area contributed by atoms with Crippen LogP contribution in [0.5, 0.6) is 0 Å². The Morgan fingerprint density at radius 3 is 2.80 bits per heavy atom. The topological polar surface area (TPSA) is 43.6 Å². The second-order valence-corrected chi connectivity index (χ2v) is 5.79. The molecule has 3 aromatic rings. The van der Waals surface area contributed by atoms with Gasteiger partial charge in [-0.15, -0.1) is 11.8 Å². The number of thioether (sulfide) groups is 1. The minimum absolute atomic E-state index is 0.688. The second kappa shape index (κ2) is 5.42. The molecule has 102 valence electrons. The van der Waals surface area contributed by atoms with Crippen LogP contribution in [-0.4, -0.2) is 19.7 Å². The Balaban J connectivity index is 1.91. The number of hydrogen-bond donors (Lipinski definition) is 0. The molecule has 0 unspecified atom stereocenters. The van der Waals surface area contributed by atoms with Crippen LogP contribution in [0.2, 0.25) is 5.15 Å². The highest BCUT2D eigenvalue weighted by atomic mass is 35.5. The smallest absolute Gasteiger partial charge is 0.131 e. The van der Waals surface area contributed by atoms with Gasteiger partial charge in [0.1, 0.15) is 16.5 Å². The Kier molecular flexibility index (Phi) is 3.63. The molecule has 0 aliphatic carbocycles. The highest BCUT2D eigenvalue weighted by molar-refractivity contribution is 7.98. The lowest BCUT2D eigenvalue weighted by atomic mass is 10.2. The Bertz CT molecular complexity index is 764. The van der Waals surface area contributed by atoms with Crippen LogP contribution in [0.4, 0.5) is 0 Å². The molecule has 0 aliphatic heterocycles. The van der Waals surface area contributed by atoms with Gasteiger partial charge in [-0.25, -0.2) is 9.97 Å². The molecule has 0 saturated carbocycles. The summed E-state index contributed by atoms with van der Waals surface area (Å²) in [5, 5.41) is 7.05. The summed E-state index contributed by atoms with van der Waals surface area (Å²) < 4.78 is 1.70. The normalized spacial score (nSPS) is 11.2. The highest BCUT2D eigenvalue weighted by Gasteiger charge is 2.12. The molecular weight excluding hydrogens is 292 g/mol. The van der Waals surface area contributed by atoms with Gasteiger partial charge < -0.3 is 0 Å². The van der Waals surface area contributed by atoms with Crippen molar-refractivity contribution in [1.29, 1.82) is 0 Å². The fraction of sp³-hybridized carbons (Fsp3) is 0.214. The maximum atomic E-state index is 6.25. The molecule has 4 nitrogen and oxygen atoms in total. The minimum Gasteiger partial charge on any atom is -0.257 e. The van der Waals surface area contributed by atoms with Crippen molar-refractivity contribution in [3.8, 4) is 0 Å². The molecule has 0 amide bonds. The van der Waals surface area contributed by atoms with Crippen LogP contribution in [0, 0.1) is 6.92 Å². The van der Waals surface area contributed by atoms with Gasteiger partial charge in [0.25, 0.3) is 0 Å². The lowest BCUT2D eigenvalue weighted by Gasteiger charge is -2.04. The third kappa shape index (κ3) is 2.39. The summed E-state index contributed by atoms with van der Waals surface area (Å²) in [4.78, 5) is 8.64. The number of rotatable bonds is 3. The second-order valence-electron chi connectivity index (χ2n) is 4.46. The van der Waals surface area contributed by atoms with Crippen LogP contribution in [0.3, 0.4) is 0 Å². The first-order chi connectivity index (χ1) is 9.66. The molecule has 20 heavy (non-hydrogen) atoms. The molecule has 0 aliphatic rings. The van der Waals surface area contributed by atoms with E-state index in [1.807, 2.05) is 38.2 Å². The SMILES string of the molecule is Cc1nn(C)c(Cl)c1CSc1ncnc2ccccc12. The van der Waals surface area contributed by atoms with Crippen molar-refractivity contribution < 1.29 is 0 Å². The van der Waals surface area contributed by atoms with Gasteiger partial charge in [0, 0.05) is 23.8 Å². The number of para-hydroxylation sites is 1. The maximum Gasteiger partial charge on any atom is 0.131 e. The van der Waals surface area contributed by atoms with Crippen LogP contribution >= 0.6 is 23.4 Å². The number of halogens is 1. The van der Waals surface area contributed by atoms with Crippen molar-refractivity contribution in [2.75, 3.05) is 0 Å². The number of fused-ring (bicyclic) bond motifs is 1. The fourth-order valence-corrected chi connectivity index (χ4v) is 3.47. The largest absolute Gasteiger partial charge is 0.257 e. The first-order valence-corrected chi connectivity index (χ1v) is 7.53. The van der Waals surface area contributed by atoms with Crippen LogP contribution in [-0.2, 0) is 12.8 Å². The summed E-state index contributed by atoms with van der Waals surface area (Å²) in [6.45, 7) is 1.97. The molecule has 3 rings (SSSR count). The summed E-state index contributed by atoms with van der Waals surface area (Å²) >= 11 is 7.91. The Morgan fingerprint density at radius 2 is 2.05 bits per heavy atom. The summed E-state index contributed by atoms with van der Waals surface area (Å²) in [5.41, 5.74) is 2.98. The van der Waals surface area contributed by atoms with Gasteiger partial charge in [-0.2, -0.15) is 5.10 Å². The Labute approximate surface area is 126 Å². The van der Waals surface area contributed by atoms with E-state index >= 15 is 0 Å². The molecule has 2 heterocycles. The van der Waals surface area contributed by atoms with Crippen LogP contribution in [0.1, 0.15) is 11.3 Å². The van der Waals surface area contributed by atoms with E-state index in [0.29, 0.717) is 5.15 Å².